The lowest BCUT2D eigenvalue weighted by Gasteiger charge is -2.20. The Balaban J connectivity index is 2.79. The van der Waals surface area contributed by atoms with Crippen LogP contribution in [0.25, 0.3) is 0 Å². The van der Waals surface area contributed by atoms with Crippen LogP contribution in [0.3, 0.4) is 0 Å². The van der Waals surface area contributed by atoms with Crippen LogP contribution in [0.5, 0.6) is 0 Å². The second-order valence-corrected chi connectivity index (χ2v) is 3.77. The highest BCUT2D eigenvalue weighted by Crippen LogP contribution is 2.08. The third kappa shape index (κ3) is 4.17. The maximum absolute atomic E-state index is 12.1. The van der Waals surface area contributed by atoms with E-state index in [1.807, 2.05) is 0 Å². The van der Waals surface area contributed by atoms with Crippen molar-refractivity contribution in [1.82, 2.24) is 9.88 Å². The molecule has 1 aromatic heterocycles. The Labute approximate surface area is 106 Å². The monoisotopic (exact) mass is 254 g/mol. The Bertz CT molecular complexity index is 396. The third-order valence-corrected chi connectivity index (χ3v) is 2.35. The van der Waals surface area contributed by atoms with Gasteiger partial charge in [0.25, 0.3) is 5.91 Å². The van der Waals surface area contributed by atoms with E-state index < -0.39 is 0 Å². The molecule has 4 nitrogen and oxygen atoms in total. The van der Waals surface area contributed by atoms with Gasteiger partial charge in [0.05, 0.1) is 6.61 Å². The summed E-state index contributed by atoms with van der Waals surface area (Å²) in [4.78, 5) is 17.7. The van der Waals surface area contributed by atoms with E-state index in [-0.39, 0.29) is 5.91 Å². The number of ether oxygens (including phenoxy) is 1. The summed E-state index contributed by atoms with van der Waals surface area (Å²) in [6, 6.07) is 4.97. The molecule has 1 amide bonds. The van der Waals surface area contributed by atoms with Gasteiger partial charge in [-0.1, -0.05) is 23.7 Å². The maximum Gasteiger partial charge on any atom is 0.272 e. The highest BCUT2D eigenvalue weighted by molar-refractivity contribution is 6.29. The first-order valence-corrected chi connectivity index (χ1v) is 5.58. The molecule has 1 aromatic rings. The average molecular weight is 255 g/mol. The summed E-state index contributed by atoms with van der Waals surface area (Å²) in [6.45, 7) is 5.04. The molecule has 92 valence electrons. The van der Waals surface area contributed by atoms with Crippen molar-refractivity contribution < 1.29 is 9.53 Å². The summed E-state index contributed by atoms with van der Waals surface area (Å²) in [5.74, 6) is -0.176. The Morgan fingerprint density at radius 2 is 2.41 bits per heavy atom. The number of hydrogen-bond donors (Lipinski definition) is 0. The van der Waals surface area contributed by atoms with Crippen LogP contribution in [-0.2, 0) is 4.74 Å². The number of halogens is 1. The maximum atomic E-state index is 12.1. The number of aromatic nitrogens is 1. The molecule has 1 rings (SSSR count). The summed E-state index contributed by atoms with van der Waals surface area (Å²) in [7, 11) is 1.59. The number of carbonyl (C=O) groups is 1. The zero-order valence-electron chi connectivity index (χ0n) is 9.73. The van der Waals surface area contributed by atoms with Gasteiger partial charge in [-0.15, -0.1) is 6.58 Å². The van der Waals surface area contributed by atoms with Crippen LogP contribution in [0, 0.1) is 0 Å². The van der Waals surface area contributed by atoms with Gasteiger partial charge in [0.15, 0.2) is 0 Å². The molecule has 0 aliphatic carbocycles. The number of methoxy groups -OCH3 is 1. The SMILES string of the molecule is C=CCN(CCOC)C(=O)c1cccc(Cl)n1. The first-order chi connectivity index (χ1) is 8.19. The van der Waals surface area contributed by atoms with Gasteiger partial charge in [0.1, 0.15) is 10.8 Å². The molecule has 0 saturated heterocycles. The minimum Gasteiger partial charge on any atom is -0.383 e. The van der Waals surface area contributed by atoms with E-state index in [4.69, 9.17) is 16.3 Å². The topological polar surface area (TPSA) is 42.4 Å². The fraction of sp³-hybridized carbons (Fsp3) is 0.333. The van der Waals surface area contributed by atoms with E-state index in [1.54, 1.807) is 36.3 Å². The molecule has 0 atom stereocenters. The molecule has 0 saturated carbocycles. The van der Waals surface area contributed by atoms with E-state index in [0.29, 0.717) is 30.5 Å². The molecular formula is C12H15ClN2O2. The normalized spacial score (nSPS) is 10.0. The van der Waals surface area contributed by atoms with Gasteiger partial charge in [-0.05, 0) is 12.1 Å². The summed E-state index contributed by atoms with van der Waals surface area (Å²) in [5, 5.41) is 0.307. The van der Waals surface area contributed by atoms with Crippen LogP contribution in [0.1, 0.15) is 10.5 Å². The number of amides is 1. The fourth-order valence-corrected chi connectivity index (χ4v) is 1.49. The largest absolute Gasteiger partial charge is 0.383 e. The summed E-state index contributed by atoms with van der Waals surface area (Å²) in [6.07, 6.45) is 1.66. The molecular weight excluding hydrogens is 240 g/mol. The van der Waals surface area contributed by atoms with E-state index in [1.165, 1.54) is 0 Å². The highest BCUT2D eigenvalue weighted by atomic mass is 35.5. The van der Waals surface area contributed by atoms with Gasteiger partial charge < -0.3 is 9.64 Å². The molecule has 0 bridgehead atoms. The Hall–Kier alpha value is -1.39. The van der Waals surface area contributed by atoms with Crippen molar-refractivity contribution in [3.63, 3.8) is 0 Å². The minimum atomic E-state index is -0.176. The van der Waals surface area contributed by atoms with Crippen molar-refractivity contribution in [1.29, 1.82) is 0 Å². The standard InChI is InChI=1S/C12H15ClN2O2/c1-3-7-15(8-9-17-2)12(16)10-5-4-6-11(13)14-10/h3-6H,1,7-9H2,2H3. The van der Waals surface area contributed by atoms with Crippen LogP contribution >= 0.6 is 11.6 Å². The summed E-state index contributed by atoms with van der Waals surface area (Å²) >= 11 is 5.75. The third-order valence-electron chi connectivity index (χ3n) is 2.14. The van der Waals surface area contributed by atoms with Crippen LogP contribution < -0.4 is 0 Å². The molecule has 0 unspecified atom stereocenters. The molecule has 1 heterocycles. The average Bonchev–Trinajstić information content (AvgIpc) is 2.33. The lowest BCUT2D eigenvalue weighted by molar-refractivity contribution is 0.0712. The zero-order chi connectivity index (χ0) is 12.7. The van der Waals surface area contributed by atoms with Gasteiger partial charge >= 0.3 is 0 Å². The van der Waals surface area contributed by atoms with Crippen LogP contribution in [0.15, 0.2) is 30.9 Å². The van der Waals surface area contributed by atoms with Crippen molar-refractivity contribution in [2.75, 3.05) is 26.8 Å². The number of rotatable bonds is 6. The molecule has 0 spiro atoms. The summed E-state index contributed by atoms with van der Waals surface area (Å²) < 4.78 is 4.95. The van der Waals surface area contributed by atoms with Crippen LogP contribution in [-0.4, -0.2) is 42.6 Å². The van der Waals surface area contributed by atoms with E-state index >= 15 is 0 Å². The number of hydrogen-bond acceptors (Lipinski definition) is 3. The molecule has 0 radical (unpaired) electrons. The van der Waals surface area contributed by atoms with Crippen molar-refractivity contribution in [2.45, 2.75) is 0 Å². The number of nitrogens with zero attached hydrogens (tertiary/aromatic N) is 2. The first-order valence-electron chi connectivity index (χ1n) is 5.20. The van der Waals surface area contributed by atoms with Crippen LogP contribution in [0.2, 0.25) is 5.15 Å². The minimum absolute atomic E-state index is 0.176. The molecule has 0 aliphatic rings. The van der Waals surface area contributed by atoms with E-state index in [9.17, 15) is 4.79 Å². The lowest BCUT2D eigenvalue weighted by atomic mass is 10.3. The number of carbonyl (C=O) groups excluding carboxylic acids is 1. The fourth-order valence-electron chi connectivity index (χ4n) is 1.32. The first kappa shape index (κ1) is 13.7. The van der Waals surface area contributed by atoms with E-state index in [2.05, 4.69) is 11.6 Å². The lowest BCUT2D eigenvalue weighted by Crippen LogP contribution is -2.34. The second-order valence-electron chi connectivity index (χ2n) is 3.38. The second kappa shape index (κ2) is 7.04. The van der Waals surface area contributed by atoms with Gasteiger partial charge in [-0.25, -0.2) is 4.98 Å². The molecule has 0 fully saturated rings. The molecule has 0 aromatic carbocycles. The van der Waals surface area contributed by atoms with Gasteiger partial charge in [-0.2, -0.15) is 0 Å². The van der Waals surface area contributed by atoms with Gasteiger partial charge in [0.2, 0.25) is 0 Å². The van der Waals surface area contributed by atoms with Crippen molar-refractivity contribution in [2.24, 2.45) is 0 Å². The van der Waals surface area contributed by atoms with Crippen molar-refractivity contribution >= 4 is 17.5 Å². The predicted octanol–water partition coefficient (Wildman–Crippen LogP) is 2.01. The molecule has 17 heavy (non-hydrogen) atoms. The molecule has 0 N–H and O–H groups in total. The smallest absolute Gasteiger partial charge is 0.272 e. The highest BCUT2D eigenvalue weighted by Gasteiger charge is 2.15. The molecule has 5 heteroatoms. The zero-order valence-corrected chi connectivity index (χ0v) is 10.5. The molecule has 0 aliphatic heterocycles. The Morgan fingerprint density at radius 3 is 3.00 bits per heavy atom. The van der Waals surface area contributed by atoms with Crippen molar-refractivity contribution in [3.05, 3.63) is 41.7 Å². The van der Waals surface area contributed by atoms with Crippen LogP contribution in [0.4, 0.5) is 0 Å². The number of pyridine rings is 1. The Morgan fingerprint density at radius 1 is 1.65 bits per heavy atom. The van der Waals surface area contributed by atoms with Crippen molar-refractivity contribution in [3.8, 4) is 0 Å². The summed E-state index contributed by atoms with van der Waals surface area (Å²) in [5.41, 5.74) is 0.329. The predicted molar refractivity (Wildman–Crippen MR) is 67.2 cm³/mol. The van der Waals surface area contributed by atoms with Gasteiger partial charge in [0, 0.05) is 20.2 Å². The Kier molecular flexibility index (Phi) is 5.66. The van der Waals surface area contributed by atoms with E-state index in [0.717, 1.165) is 0 Å². The quantitative estimate of drug-likeness (QED) is 0.576. The van der Waals surface area contributed by atoms with Gasteiger partial charge in [-0.3, -0.25) is 4.79 Å².